The molecule has 6 nitrogen and oxygen atoms in total. The monoisotopic (exact) mass is 347 g/mol. The molecule has 6 heteroatoms. The Labute approximate surface area is 151 Å². The maximum atomic E-state index is 13.1. The Balaban J connectivity index is 1.86. The highest BCUT2D eigenvalue weighted by molar-refractivity contribution is 5.57. The SMILES string of the molecule is N#Cc1ccccc1Cn1c(N2CCC[C@@H](N)C2)cc2cccn2c1=O. The quantitative estimate of drug-likeness (QED) is 0.785. The van der Waals surface area contributed by atoms with Gasteiger partial charge >= 0.3 is 5.69 Å². The molecule has 1 aliphatic rings. The van der Waals surface area contributed by atoms with Crippen molar-refractivity contribution >= 4 is 11.3 Å². The first-order valence-electron chi connectivity index (χ1n) is 8.87. The predicted octanol–water partition coefficient (Wildman–Crippen LogP) is 1.95. The molecule has 0 radical (unpaired) electrons. The van der Waals surface area contributed by atoms with Crippen LogP contribution in [0.5, 0.6) is 0 Å². The van der Waals surface area contributed by atoms with E-state index in [2.05, 4.69) is 11.0 Å². The van der Waals surface area contributed by atoms with Gasteiger partial charge in [-0.25, -0.2) is 4.79 Å². The number of hydrogen-bond acceptors (Lipinski definition) is 4. The fourth-order valence-corrected chi connectivity index (χ4v) is 3.69. The van der Waals surface area contributed by atoms with Crippen molar-refractivity contribution < 1.29 is 0 Å². The van der Waals surface area contributed by atoms with Crippen molar-refractivity contribution in [1.82, 2.24) is 8.97 Å². The number of anilines is 1. The van der Waals surface area contributed by atoms with Gasteiger partial charge in [-0.1, -0.05) is 18.2 Å². The molecule has 26 heavy (non-hydrogen) atoms. The lowest BCUT2D eigenvalue weighted by molar-refractivity contribution is 0.494. The molecule has 1 aliphatic heterocycles. The van der Waals surface area contributed by atoms with Crippen LogP contribution < -0.4 is 16.3 Å². The molecule has 4 rings (SSSR count). The molecule has 0 unspecified atom stereocenters. The van der Waals surface area contributed by atoms with Crippen molar-refractivity contribution in [3.8, 4) is 6.07 Å². The van der Waals surface area contributed by atoms with Gasteiger partial charge in [-0.3, -0.25) is 8.97 Å². The Hall–Kier alpha value is -3.04. The lowest BCUT2D eigenvalue weighted by atomic mass is 10.1. The number of nitrogens with zero attached hydrogens (tertiary/aromatic N) is 4. The first kappa shape index (κ1) is 16.4. The van der Waals surface area contributed by atoms with Gasteiger partial charge < -0.3 is 10.6 Å². The van der Waals surface area contributed by atoms with Crippen LogP contribution in [0.1, 0.15) is 24.0 Å². The third kappa shape index (κ3) is 2.87. The molecule has 0 spiro atoms. The average Bonchev–Trinajstić information content (AvgIpc) is 3.13. The second-order valence-corrected chi connectivity index (χ2v) is 6.79. The summed E-state index contributed by atoms with van der Waals surface area (Å²) in [5.41, 5.74) is 8.36. The zero-order chi connectivity index (χ0) is 18.1. The molecule has 0 aliphatic carbocycles. The number of nitriles is 1. The van der Waals surface area contributed by atoms with Gasteiger partial charge in [-0.2, -0.15) is 5.26 Å². The van der Waals surface area contributed by atoms with Gasteiger partial charge in [0.1, 0.15) is 5.82 Å². The van der Waals surface area contributed by atoms with E-state index >= 15 is 0 Å². The molecule has 3 heterocycles. The van der Waals surface area contributed by atoms with Crippen LogP contribution in [0.3, 0.4) is 0 Å². The number of aromatic nitrogens is 2. The number of piperidine rings is 1. The maximum absolute atomic E-state index is 13.1. The lowest BCUT2D eigenvalue weighted by Gasteiger charge is -2.34. The number of rotatable bonds is 3. The third-order valence-electron chi connectivity index (χ3n) is 5.02. The van der Waals surface area contributed by atoms with Crippen LogP contribution in [0.4, 0.5) is 5.82 Å². The van der Waals surface area contributed by atoms with E-state index in [0.29, 0.717) is 12.1 Å². The molecule has 3 aromatic rings. The van der Waals surface area contributed by atoms with E-state index in [-0.39, 0.29) is 11.7 Å². The molecule has 0 bridgehead atoms. The molecule has 0 amide bonds. The zero-order valence-corrected chi connectivity index (χ0v) is 14.5. The van der Waals surface area contributed by atoms with Gasteiger partial charge in [0.05, 0.1) is 23.7 Å². The summed E-state index contributed by atoms with van der Waals surface area (Å²) in [4.78, 5) is 15.3. The molecule has 1 fully saturated rings. The highest BCUT2D eigenvalue weighted by Crippen LogP contribution is 2.22. The summed E-state index contributed by atoms with van der Waals surface area (Å²) < 4.78 is 3.39. The van der Waals surface area contributed by atoms with Crippen molar-refractivity contribution in [3.63, 3.8) is 0 Å². The molecule has 2 aromatic heterocycles. The average molecular weight is 347 g/mol. The fraction of sp³-hybridized carbons (Fsp3) is 0.300. The van der Waals surface area contributed by atoms with E-state index in [1.165, 1.54) is 0 Å². The number of nitrogens with two attached hydrogens (primary N) is 1. The molecule has 1 saturated heterocycles. The fourth-order valence-electron chi connectivity index (χ4n) is 3.69. The van der Waals surface area contributed by atoms with Crippen LogP contribution in [0.2, 0.25) is 0 Å². The van der Waals surface area contributed by atoms with Crippen molar-refractivity contribution in [2.45, 2.75) is 25.4 Å². The van der Waals surface area contributed by atoms with Gasteiger partial charge in [0.15, 0.2) is 0 Å². The van der Waals surface area contributed by atoms with E-state index < -0.39 is 0 Å². The molecule has 1 aromatic carbocycles. The third-order valence-corrected chi connectivity index (χ3v) is 5.02. The molecule has 2 N–H and O–H groups in total. The zero-order valence-electron chi connectivity index (χ0n) is 14.5. The standard InChI is InChI=1S/C20H21N5O/c21-12-15-5-1-2-6-16(15)13-25-19(23-9-3-7-17(22)14-23)11-18-8-4-10-24(18)20(25)26/h1-2,4-6,8,10-11,17H,3,7,9,13-14,22H2/t17-/m1/s1. The minimum Gasteiger partial charge on any atom is -0.356 e. The topological polar surface area (TPSA) is 79.5 Å². The summed E-state index contributed by atoms with van der Waals surface area (Å²) >= 11 is 0. The lowest BCUT2D eigenvalue weighted by Crippen LogP contribution is -2.45. The molecular weight excluding hydrogens is 326 g/mol. The van der Waals surface area contributed by atoms with Crippen molar-refractivity contribution in [2.24, 2.45) is 5.73 Å². The normalized spacial score (nSPS) is 17.4. The van der Waals surface area contributed by atoms with Crippen molar-refractivity contribution in [2.75, 3.05) is 18.0 Å². The summed E-state index contributed by atoms with van der Waals surface area (Å²) in [5, 5.41) is 9.39. The largest absolute Gasteiger partial charge is 0.356 e. The first-order valence-corrected chi connectivity index (χ1v) is 8.87. The summed E-state index contributed by atoms with van der Waals surface area (Å²) in [7, 11) is 0. The predicted molar refractivity (Wildman–Crippen MR) is 101 cm³/mol. The second kappa shape index (κ2) is 6.70. The van der Waals surface area contributed by atoms with Crippen LogP contribution in [0.25, 0.3) is 5.52 Å². The van der Waals surface area contributed by atoms with E-state index in [1.54, 1.807) is 21.2 Å². The van der Waals surface area contributed by atoms with Gasteiger partial charge in [0.2, 0.25) is 0 Å². The van der Waals surface area contributed by atoms with Crippen LogP contribution in [0.15, 0.2) is 53.5 Å². The molecule has 132 valence electrons. The second-order valence-electron chi connectivity index (χ2n) is 6.79. The smallest absolute Gasteiger partial charge is 0.334 e. The highest BCUT2D eigenvalue weighted by Gasteiger charge is 2.21. The number of benzene rings is 1. The van der Waals surface area contributed by atoms with E-state index in [4.69, 9.17) is 5.73 Å². The van der Waals surface area contributed by atoms with E-state index in [1.807, 2.05) is 36.4 Å². The maximum Gasteiger partial charge on any atom is 0.334 e. The van der Waals surface area contributed by atoms with E-state index in [0.717, 1.165) is 42.8 Å². The summed E-state index contributed by atoms with van der Waals surface area (Å²) in [5.74, 6) is 0.865. The van der Waals surface area contributed by atoms with Crippen LogP contribution >= 0.6 is 0 Å². The first-order chi connectivity index (χ1) is 12.7. The Kier molecular flexibility index (Phi) is 4.23. The highest BCUT2D eigenvalue weighted by atomic mass is 16.1. The van der Waals surface area contributed by atoms with Gasteiger partial charge in [0, 0.05) is 31.4 Å². The van der Waals surface area contributed by atoms with Gasteiger partial charge in [0.25, 0.3) is 0 Å². The van der Waals surface area contributed by atoms with Gasteiger partial charge in [-0.05, 0) is 36.6 Å². The summed E-state index contributed by atoms with van der Waals surface area (Å²) in [6.07, 6.45) is 3.79. The molecule has 1 atom stereocenters. The Morgan fingerprint density at radius 3 is 2.88 bits per heavy atom. The van der Waals surface area contributed by atoms with Crippen molar-refractivity contribution in [1.29, 1.82) is 5.26 Å². The number of fused-ring (bicyclic) bond motifs is 1. The van der Waals surface area contributed by atoms with Gasteiger partial charge in [-0.15, -0.1) is 0 Å². The Morgan fingerprint density at radius 2 is 2.08 bits per heavy atom. The molecular formula is C20H21N5O. The Morgan fingerprint density at radius 1 is 1.23 bits per heavy atom. The Bertz CT molecular complexity index is 1040. The van der Waals surface area contributed by atoms with Crippen molar-refractivity contribution in [3.05, 3.63) is 70.3 Å². The van der Waals surface area contributed by atoms with Crippen LogP contribution in [0, 0.1) is 11.3 Å². The number of hydrogen-bond donors (Lipinski definition) is 1. The minimum atomic E-state index is -0.102. The minimum absolute atomic E-state index is 0.102. The van der Waals surface area contributed by atoms with E-state index in [9.17, 15) is 10.1 Å². The summed E-state index contributed by atoms with van der Waals surface area (Å²) in [6.45, 7) is 1.97. The molecule has 0 saturated carbocycles. The van der Waals surface area contributed by atoms with Crippen LogP contribution in [-0.4, -0.2) is 28.1 Å². The summed E-state index contributed by atoms with van der Waals surface area (Å²) in [6, 6.07) is 15.6. The van der Waals surface area contributed by atoms with Crippen LogP contribution in [-0.2, 0) is 6.54 Å².